The number of halogens is 2. The number of hydrogen-bond donors (Lipinski definition) is 1. The molecule has 0 saturated carbocycles. The van der Waals surface area contributed by atoms with E-state index in [0.29, 0.717) is 23.0 Å². The van der Waals surface area contributed by atoms with Crippen LogP contribution in [0.4, 0.5) is 26.2 Å². The minimum absolute atomic E-state index is 0.0348. The number of anilines is 3. The molecule has 0 spiro atoms. The molecule has 1 fully saturated rings. The topological polar surface area (TPSA) is 108 Å². The summed E-state index contributed by atoms with van der Waals surface area (Å²) in [6.45, 7) is 7.32. The summed E-state index contributed by atoms with van der Waals surface area (Å²) in [6.07, 6.45) is 5.90. The molecule has 5 rings (SSSR count). The van der Waals surface area contributed by atoms with Gasteiger partial charge in [0.2, 0.25) is 0 Å². The second-order valence-corrected chi connectivity index (χ2v) is 9.11. The van der Waals surface area contributed by atoms with Gasteiger partial charge in [-0.1, -0.05) is 0 Å². The number of nitrogens with zero attached hydrogens (tertiary/aromatic N) is 8. The first kappa shape index (κ1) is 23.6. The molecule has 1 aromatic carbocycles. The third kappa shape index (κ3) is 4.32. The fraction of sp³-hybridized carbons (Fsp3) is 0.333. The number of nitriles is 1. The first-order valence-electron chi connectivity index (χ1n) is 11.8. The molecule has 0 unspecified atom stereocenters. The highest BCUT2D eigenvalue weighted by atomic mass is 19.1. The monoisotopic (exact) mass is 487 g/mol. The average Bonchev–Trinajstić information content (AvgIpc) is 3.22. The SMILES string of the molecule is Cc1nc2c(F)cc(-c3ncnc(Nc4cnc(N5CCB(C#N)CC5)cn4)c3F)cc2n1C(C)C. The standard InChI is InChI=1S/C24H24BF2N9/c1-14(2)36-15(3)33-23-17(26)8-16(9-18(23)36)22-21(27)24(32-13-31-22)34-19-10-30-20(11-29-19)35-6-4-25(12-28)5-7-35/h8-11,13-14H,4-7H2,1-3H3,(H,29,31,32,34). The van der Waals surface area contributed by atoms with Gasteiger partial charge < -0.3 is 14.8 Å². The summed E-state index contributed by atoms with van der Waals surface area (Å²) in [5, 5.41) is 11.9. The van der Waals surface area contributed by atoms with Gasteiger partial charge in [0.05, 0.1) is 17.9 Å². The van der Waals surface area contributed by atoms with Crippen molar-refractivity contribution in [3.63, 3.8) is 0 Å². The molecule has 9 nitrogen and oxygen atoms in total. The lowest BCUT2D eigenvalue weighted by atomic mass is 9.45. The highest BCUT2D eigenvalue weighted by Gasteiger charge is 2.24. The number of imidazole rings is 1. The lowest BCUT2D eigenvalue weighted by Crippen LogP contribution is -2.37. The van der Waals surface area contributed by atoms with E-state index in [2.05, 4.69) is 41.1 Å². The molecule has 0 bridgehead atoms. The van der Waals surface area contributed by atoms with E-state index < -0.39 is 11.6 Å². The van der Waals surface area contributed by atoms with Crippen molar-refractivity contribution in [3.05, 3.63) is 48.3 Å². The summed E-state index contributed by atoms with van der Waals surface area (Å²) in [5.74, 6) is 2.63. The molecule has 0 aliphatic carbocycles. The van der Waals surface area contributed by atoms with Crippen LogP contribution >= 0.6 is 0 Å². The van der Waals surface area contributed by atoms with Crippen LogP contribution in [-0.4, -0.2) is 49.3 Å². The number of fused-ring (bicyclic) bond motifs is 1. The van der Waals surface area contributed by atoms with Crippen LogP contribution in [0.15, 0.2) is 30.9 Å². The molecule has 1 aliphatic rings. The Hall–Kier alpha value is -4.14. The normalized spacial score (nSPS) is 13.9. The third-order valence-corrected chi connectivity index (χ3v) is 6.39. The number of aromatic nitrogens is 6. The molecule has 4 heterocycles. The highest BCUT2D eigenvalue weighted by molar-refractivity contribution is 6.67. The summed E-state index contributed by atoms with van der Waals surface area (Å²) >= 11 is 0. The average molecular weight is 487 g/mol. The fourth-order valence-corrected chi connectivity index (χ4v) is 4.62. The van der Waals surface area contributed by atoms with Crippen LogP contribution in [0.3, 0.4) is 0 Å². The number of aryl methyl sites for hydroxylation is 1. The summed E-state index contributed by atoms with van der Waals surface area (Å²) in [5.41, 5.74) is 1.06. The van der Waals surface area contributed by atoms with E-state index in [9.17, 15) is 4.39 Å². The minimum atomic E-state index is -0.729. The molecule has 3 aromatic heterocycles. The molecule has 1 saturated heterocycles. The molecule has 1 N–H and O–H groups in total. The maximum Gasteiger partial charge on any atom is 0.271 e. The van der Waals surface area contributed by atoms with Gasteiger partial charge in [-0.05, 0) is 45.5 Å². The molecule has 0 amide bonds. The van der Waals surface area contributed by atoms with E-state index in [1.807, 2.05) is 25.3 Å². The summed E-state index contributed by atoms with van der Waals surface area (Å²) in [6, 6.07) is 2.98. The first-order valence-corrected chi connectivity index (χ1v) is 11.8. The Balaban J connectivity index is 1.41. The second kappa shape index (κ2) is 9.49. The summed E-state index contributed by atoms with van der Waals surface area (Å²) in [7, 11) is 0. The molecular weight excluding hydrogens is 463 g/mol. The highest BCUT2D eigenvalue weighted by Crippen LogP contribution is 2.31. The first-order chi connectivity index (χ1) is 17.4. The Morgan fingerprint density at radius 2 is 1.86 bits per heavy atom. The van der Waals surface area contributed by atoms with Crippen molar-refractivity contribution in [2.75, 3.05) is 23.3 Å². The van der Waals surface area contributed by atoms with E-state index in [1.54, 1.807) is 12.3 Å². The Kier molecular flexibility index (Phi) is 6.22. The zero-order valence-electron chi connectivity index (χ0n) is 20.2. The van der Waals surface area contributed by atoms with Crippen molar-refractivity contribution in [1.82, 2.24) is 29.5 Å². The molecule has 12 heteroatoms. The largest absolute Gasteiger partial charge is 0.357 e. The van der Waals surface area contributed by atoms with Crippen LogP contribution < -0.4 is 10.2 Å². The lowest BCUT2D eigenvalue weighted by Gasteiger charge is -2.28. The third-order valence-electron chi connectivity index (χ3n) is 6.39. The van der Waals surface area contributed by atoms with Crippen molar-refractivity contribution >= 4 is 35.2 Å². The Morgan fingerprint density at radius 3 is 2.53 bits per heavy atom. The molecular formula is C24H24BF2N9. The number of hydrogen-bond acceptors (Lipinski definition) is 8. The zero-order chi connectivity index (χ0) is 25.4. The molecule has 36 heavy (non-hydrogen) atoms. The van der Waals surface area contributed by atoms with Gasteiger partial charge in [-0.15, -0.1) is 0 Å². The van der Waals surface area contributed by atoms with Crippen LogP contribution in [0.2, 0.25) is 12.6 Å². The van der Waals surface area contributed by atoms with E-state index >= 15 is 4.39 Å². The van der Waals surface area contributed by atoms with Gasteiger partial charge in [0.1, 0.15) is 35.0 Å². The number of nitrogens with one attached hydrogen (secondary N) is 1. The van der Waals surface area contributed by atoms with Crippen LogP contribution in [-0.2, 0) is 0 Å². The van der Waals surface area contributed by atoms with Crippen molar-refractivity contribution in [2.45, 2.75) is 39.5 Å². The molecule has 182 valence electrons. The van der Waals surface area contributed by atoms with Gasteiger partial charge in [-0.2, -0.15) is 0 Å². The van der Waals surface area contributed by atoms with Gasteiger partial charge in [0.25, 0.3) is 6.71 Å². The molecule has 4 aromatic rings. The molecule has 1 aliphatic heterocycles. The van der Waals surface area contributed by atoms with Crippen LogP contribution in [0.5, 0.6) is 0 Å². The van der Waals surface area contributed by atoms with Crippen LogP contribution in [0, 0.1) is 29.8 Å². The van der Waals surface area contributed by atoms with Gasteiger partial charge in [-0.25, -0.2) is 39.0 Å². The van der Waals surface area contributed by atoms with Crippen molar-refractivity contribution in [3.8, 4) is 17.2 Å². The van der Waals surface area contributed by atoms with Gasteiger partial charge in [0, 0.05) is 30.7 Å². The smallest absolute Gasteiger partial charge is 0.271 e. The number of benzene rings is 1. The van der Waals surface area contributed by atoms with Gasteiger partial charge >= 0.3 is 0 Å². The Morgan fingerprint density at radius 1 is 1.08 bits per heavy atom. The predicted molar refractivity (Wildman–Crippen MR) is 134 cm³/mol. The predicted octanol–water partition coefficient (Wildman–Crippen LogP) is 4.57. The van der Waals surface area contributed by atoms with Gasteiger partial charge in [0.15, 0.2) is 17.5 Å². The van der Waals surface area contributed by atoms with Crippen molar-refractivity contribution in [1.29, 1.82) is 5.26 Å². The Labute approximate surface area is 207 Å². The maximum absolute atomic E-state index is 15.5. The van der Waals surface area contributed by atoms with Gasteiger partial charge in [-0.3, -0.25) is 0 Å². The second-order valence-electron chi connectivity index (χ2n) is 9.11. The molecule has 0 radical (unpaired) electrons. The number of rotatable bonds is 5. The van der Waals surface area contributed by atoms with E-state index in [1.165, 1.54) is 18.6 Å². The van der Waals surface area contributed by atoms with E-state index in [4.69, 9.17) is 5.26 Å². The van der Waals surface area contributed by atoms with Crippen LogP contribution in [0.1, 0.15) is 25.7 Å². The lowest BCUT2D eigenvalue weighted by molar-refractivity contribution is 0.600. The fourth-order valence-electron chi connectivity index (χ4n) is 4.62. The maximum atomic E-state index is 15.5. The molecule has 0 atom stereocenters. The van der Waals surface area contributed by atoms with Crippen LogP contribution in [0.25, 0.3) is 22.3 Å². The van der Waals surface area contributed by atoms with Crippen molar-refractivity contribution in [2.24, 2.45) is 0 Å². The van der Waals surface area contributed by atoms with E-state index in [0.717, 1.165) is 25.7 Å². The Bertz CT molecular complexity index is 1460. The van der Waals surface area contributed by atoms with Crippen molar-refractivity contribution < 1.29 is 8.78 Å². The van der Waals surface area contributed by atoms with E-state index in [-0.39, 0.29) is 35.3 Å². The summed E-state index contributed by atoms with van der Waals surface area (Å²) < 4.78 is 32.3. The minimum Gasteiger partial charge on any atom is -0.357 e. The quantitative estimate of drug-likeness (QED) is 0.408. The summed E-state index contributed by atoms with van der Waals surface area (Å²) in [4.78, 5) is 23.3. The zero-order valence-corrected chi connectivity index (χ0v) is 20.2.